The first-order valence-corrected chi connectivity index (χ1v) is 13.0. The highest BCUT2D eigenvalue weighted by atomic mass is 32.2. The molecule has 0 unspecified atom stereocenters. The quantitative estimate of drug-likeness (QED) is 0.603. The van der Waals surface area contributed by atoms with E-state index in [9.17, 15) is 17.9 Å². The SMILES string of the molecule is Cn1cnc(S(=O)(=O)N2CCCCN3[C@H](CO)[C@@H](c4ccc(-c5ccccc5F)cc4)[C@H]3C2)c1. The van der Waals surface area contributed by atoms with Gasteiger partial charge in [0.25, 0.3) is 10.0 Å². The van der Waals surface area contributed by atoms with Gasteiger partial charge in [-0.25, -0.2) is 17.8 Å². The second kappa shape index (κ2) is 9.22. The summed E-state index contributed by atoms with van der Waals surface area (Å²) in [7, 11) is -1.96. The summed E-state index contributed by atoms with van der Waals surface area (Å²) in [6.07, 6.45) is 4.64. The van der Waals surface area contributed by atoms with Crippen LogP contribution < -0.4 is 0 Å². The van der Waals surface area contributed by atoms with Crippen molar-refractivity contribution in [2.45, 2.75) is 35.9 Å². The molecule has 3 atom stereocenters. The first kappa shape index (κ1) is 23.2. The van der Waals surface area contributed by atoms with Crippen LogP contribution in [0.1, 0.15) is 24.3 Å². The highest BCUT2D eigenvalue weighted by Gasteiger charge is 2.50. The normalized spacial score (nSPS) is 24.1. The molecule has 7 nitrogen and oxygen atoms in total. The second-order valence-corrected chi connectivity index (χ2v) is 11.0. The van der Waals surface area contributed by atoms with E-state index in [1.165, 1.54) is 18.6 Å². The van der Waals surface area contributed by atoms with Gasteiger partial charge in [-0.3, -0.25) is 4.90 Å². The molecule has 180 valence electrons. The van der Waals surface area contributed by atoms with Gasteiger partial charge in [-0.1, -0.05) is 42.5 Å². The van der Waals surface area contributed by atoms with E-state index in [0.717, 1.165) is 30.5 Å². The van der Waals surface area contributed by atoms with E-state index in [2.05, 4.69) is 9.88 Å². The Kier molecular flexibility index (Phi) is 6.28. The summed E-state index contributed by atoms with van der Waals surface area (Å²) >= 11 is 0. The first-order chi connectivity index (χ1) is 16.4. The number of imidazole rings is 1. The van der Waals surface area contributed by atoms with E-state index in [-0.39, 0.29) is 35.5 Å². The van der Waals surface area contributed by atoms with Gasteiger partial charge in [0.1, 0.15) is 5.82 Å². The Morgan fingerprint density at radius 3 is 2.50 bits per heavy atom. The van der Waals surface area contributed by atoms with Crippen LogP contribution in [0.2, 0.25) is 0 Å². The largest absolute Gasteiger partial charge is 0.395 e. The van der Waals surface area contributed by atoms with Gasteiger partial charge in [0.15, 0.2) is 5.03 Å². The molecule has 2 aliphatic heterocycles. The van der Waals surface area contributed by atoms with Crippen molar-refractivity contribution >= 4 is 10.0 Å². The number of sulfonamides is 1. The molecular weight excluding hydrogens is 455 g/mol. The van der Waals surface area contributed by atoms with Gasteiger partial charge in [0, 0.05) is 49.9 Å². The van der Waals surface area contributed by atoms with Gasteiger partial charge >= 0.3 is 0 Å². The molecule has 0 radical (unpaired) electrons. The number of fused-ring (bicyclic) bond motifs is 1. The molecule has 2 aliphatic rings. The van der Waals surface area contributed by atoms with Crippen molar-refractivity contribution in [2.75, 3.05) is 26.2 Å². The van der Waals surface area contributed by atoms with Crippen molar-refractivity contribution in [3.63, 3.8) is 0 Å². The summed E-state index contributed by atoms with van der Waals surface area (Å²) in [5.41, 5.74) is 2.35. The number of aryl methyl sites for hydroxylation is 1. The number of aliphatic hydroxyl groups is 1. The van der Waals surface area contributed by atoms with Crippen LogP contribution in [0.4, 0.5) is 4.39 Å². The lowest BCUT2D eigenvalue weighted by Crippen LogP contribution is -2.67. The fourth-order valence-corrected chi connectivity index (χ4v) is 6.82. The molecule has 2 fully saturated rings. The first-order valence-electron chi connectivity index (χ1n) is 11.6. The molecule has 2 saturated heterocycles. The Bertz CT molecular complexity index is 1260. The summed E-state index contributed by atoms with van der Waals surface area (Å²) in [6, 6.07) is 14.3. The summed E-state index contributed by atoms with van der Waals surface area (Å²) < 4.78 is 44.0. The maximum atomic E-state index is 14.2. The molecule has 0 amide bonds. The van der Waals surface area contributed by atoms with Crippen LogP contribution in [0.3, 0.4) is 0 Å². The lowest BCUT2D eigenvalue weighted by molar-refractivity contribution is -0.0554. The molecule has 0 spiro atoms. The number of hydrogen-bond acceptors (Lipinski definition) is 5. The van der Waals surface area contributed by atoms with Crippen LogP contribution in [0.15, 0.2) is 66.1 Å². The maximum Gasteiger partial charge on any atom is 0.262 e. The smallest absolute Gasteiger partial charge is 0.262 e. The Morgan fingerprint density at radius 2 is 1.82 bits per heavy atom. The monoisotopic (exact) mass is 484 g/mol. The number of nitrogens with zero attached hydrogens (tertiary/aromatic N) is 4. The van der Waals surface area contributed by atoms with E-state index in [1.54, 1.807) is 28.1 Å². The van der Waals surface area contributed by atoms with Gasteiger partial charge in [0.2, 0.25) is 0 Å². The lowest BCUT2D eigenvalue weighted by Gasteiger charge is -2.57. The van der Waals surface area contributed by atoms with Gasteiger partial charge in [-0.05, 0) is 36.6 Å². The summed E-state index contributed by atoms with van der Waals surface area (Å²) in [4.78, 5) is 6.31. The molecule has 3 heterocycles. The Balaban J connectivity index is 1.43. The van der Waals surface area contributed by atoms with E-state index in [0.29, 0.717) is 18.7 Å². The Morgan fingerprint density at radius 1 is 1.09 bits per heavy atom. The van der Waals surface area contributed by atoms with Gasteiger partial charge in [-0.15, -0.1) is 0 Å². The van der Waals surface area contributed by atoms with Crippen molar-refractivity contribution < 1.29 is 17.9 Å². The number of halogens is 1. The standard InChI is InChI=1S/C25H29FN4O3S/c1-28-15-24(27-17-28)34(32,33)29-12-4-5-13-30-22(14-29)25(23(30)16-31)19-10-8-18(9-11-19)20-6-2-3-7-21(20)26/h2-3,6-11,15,17,22-23,25,31H,4-5,12-14,16H2,1H3/t22-,23-,25+/m1/s1. The number of rotatable bonds is 5. The average Bonchev–Trinajstić information content (AvgIpc) is 3.26. The van der Waals surface area contributed by atoms with E-state index >= 15 is 0 Å². The minimum atomic E-state index is -3.71. The molecule has 0 aliphatic carbocycles. The summed E-state index contributed by atoms with van der Waals surface area (Å²) in [5, 5.41) is 10.2. The van der Waals surface area contributed by atoms with Gasteiger partial charge in [-0.2, -0.15) is 4.31 Å². The Hall–Kier alpha value is -2.59. The number of hydrogen-bond donors (Lipinski definition) is 1. The average molecular weight is 485 g/mol. The molecule has 0 saturated carbocycles. The molecule has 5 rings (SSSR count). The molecule has 9 heteroatoms. The predicted octanol–water partition coefficient (Wildman–Crippen LogP) is 2.84. The van der Waals surface area contributed by atoms with Crippen LogP contribution in [-0.2, 0) is 17.1 Å². The molecule has 3 aromatic rings. The van der Waals surface area contributed by atoms with Crippen LogP contribution in [-0.4, -0.2) is 70.6 Å². The highest BCUT2D eigenvalue weighted by molar-refractivity contribution is 7.89. The summed E-state index contributed by atoms with van der Waals surface area (Å²) in [5.74, 6) is -0.284. The van der Waals surface area contributed by atoms with E-state index in [4.69, 9.17) is 0 Å². The zero-order chi connectivity index (χ0) is 23.9. The van der Waals surface area contributed by atoms with Crippen molar-refractivity contribution in [1.82, 2.24) is 18.8 Å². The molecule has 34 heavy (non-hydrogen) atoms. The molecule has 1 aromatic heterocycles. The van der Waals surface area contributed by atoms with Crippen molar-refractivity contribution in [1.29, 1.82) is 0 Å². The van der Waals surface area contributed by atoms with Crippen molar-refractivity contribution in [3.8, 4) is 11.1 Å². The van der Waals surface area contributed by atoms with Crippen LogP contribution in [0, 0.1) is 5.82 Å². The number of aliphatic hydroxyl groups excluding tert-OH is 1. The molecule has 0 bridgehead atoms. The van der Waals surface area contributed by atoms with Crippen LogP contribution in [0.25, 0.3) is 11.1 Å². The number of benzene rings is 2. The highest BCUT2D eigenvalue weighted by Crippen LogP contribution is 2.43. The minimum absolute atomic E-state index is 0.00320. The lowest BCUT2D eigenvalue weighted by atomic mass is 9.74. The second-order valence-electron chi connectivity index (χ2n) is 9.13. The van der Waals surface area contributed by atoms with Crippen molar-refractivity contribution in [3.05, 3.63) is 72.4 Å². The third-order valence-electron chi connectivity index (χ3n) is 7.10. The zero-order valence-electron chi connectivity index (χ0n) is 19.1. The third-order valence-corrected chi connectivity index (χ3v) is 8.85. The van der Waals surface area contributed by atoms with E-state index < -0.39 is 10.0 Å². The summed E-state index contributed by atoms with van der Waals surface area (Å²) in [6.45, 7) is 1.63. The third kappa shape index (κ3) is 4.07. The topological polar surface area (TPSA) is 78.7 Å². The molecule has 1 N–H and O–H groups in total. The number of aromatic nitrogens is 2. The minimum Gasteiger partial charge on any atom is -0.395 e. The van der Waals surface area contributed by atoms with Crippen LogP contribution >= 0.6 is 0 Å². The van der Waals surface area contributed by atoms with Gasteiger partial charge in [0.05, 0.1) is 12.9 Å². The zero-order valence-corrected chi connectivity index (χ0v) is 19.9. The molecule has 2 aromatic carbocycles. The van der Waals surface area contributed by atoms with Crippen LogP contribution in [0.5, 0.6) is 0 Å². The fourth-order valence-electron chi connectivity index (χ4n) is 5.36. The van der Waals surface area contributed by atoms with Crippen molar-refractivity contribution in [2.24, 2.45) is 7.05 Å². The predicted molar refractivity (Wildman–Crippen MR) is 127 cm³/mol. The van der Waals surface area contributed by atoms with E-state index in [1.807, 2.05) is 30.3 Å². The fraction of sp³-hybridized carbons (Fsp3) is 0.400. The van der Waals surface area contributed by atoms with Gasteiger partial charge < -0.3 is 9.67 Å². The molecular formula is C25H29FN4O3S. The maximum absolute atomic E-state index is 14.2. The Labute approximate surface area is 199 Å².